The van der Waals surface area contributed by atoms with Crippen molar-refractivity contribution in [3.63, 3.8) is 0 Å². The van der Waals surface area contributed by atoms with Gasteiger partial charge in [-0.3, -0.25) is 9.59 Å². The van der Waals surface area contributed by atoms with E-state index >= 15 is 0 Å². The topological polar surface area (TPSA) is 71.6 Å². The molecule has 3 heterocycles. The number of imide groups is 1. The lowest BCUT2D eigenvalue weighted by Gasteiger charge is -2.12. The van der Waals surface area contributed by atoms with E-state index in [-0.39, 0.29) is 19.3 Å². The van der Waals surface area contributed by atoms with Crippen LogP contribution in [0.3, 0.4) is 0 Å². The molecular weight excluding hydrogens is 431 g/mol. The molecule has 2 aliphatic rings. The highest BCUT2D eigenvalue weighted by Crippen LogP contribution is 2.21. The maximum atomic E-state index is 13.9. The largest absolute Gasteiger partial charge is 0.935 e. The number of hydroxylamine groups is 2. The average Bonchev–Trinajstić information content (AvgIpc) is 3.47. The molecule has 0 bridgehead atoms. The normalized spacial score (nSPS) is 16.9. The molecule has 0 spiro atoms. The summed E-state index contributed by atoms with van der Waals surface area (Å²) in [5.74, 6) is -1.74. The molecule has 0 atom stereocenters. The van der Waals surface area contributed by atoms with Gasteiger partial charge in [0.25, 0.3) is 11.8 Å². The molecule has 1 aromatic carbocycles. The summed E-state index contributed by atoms with van der Waals surface area (Å²) >= 11 is 0. The summed E-state index contributed by atoms with van der Waals surface area (Å²) in [6.45, 7) is 0. The smallest absolute Gasteiger partial charge is 0.348 e. The maximum Gasteiger partial charge on any atom is 0.935 e. The number of carbonyl (C=O) groups excluding carboxylic acids is 3. The van der Waals surface area contributed by atoms with Crippen LogP contribution in [0, 0.1) is 0 Å². The Bertz CT molecular complexity index is 1190. The SMILES string of the molecule is Cn1c(/C=C2/C=CC(c3ccccc3)=[N+]2B(F)F)ccc1CCC(=O)ON1C(=O)CCC1=O. The third kappa shape index (κ3) is 4.69. The van der Waals surface area contributed by atoms with Gasteiger partial charge < -0.3 is 9.40 Å². The Balaban J connectivity index is 1.48. The molecule has 1 fully saturated rings. The van der Waals surface area contributed by atoms with Crippen molar-refractivity contribution in [3.05, 3.63) is 77.3 Å². The third-order valence-electron chi connectivity index (χ3n) is 5.56. The van der Waals surface area contributed by atoms with Crippen molar-refractivity contribution in [2.45, 2.75) is 25.7 Å². The van der Waals surface area contributed by atoms with Gasteiger partial charge in [0.1, 0.15) is 0 Å². The summed E-state index contributed by atoms with van der Waals surface area (Å²) in [6.07, 6.45) is 5.29. The van der Waals surface area contributed by atoms with E-state index in [1.807, 2.05) is 6.07 Å². The molecule has 0 aliphatic carbocycles. The minimum Gasteiger partial charge on any atom is -0.348 e. The molecule has 168 valence electrons. The second-order valence-electron chi connectivity index (χ2n) is 7.66. The Labute approximate surface area is 189 Å². The monoisotopic (exact) mass is 452 g/mol. The molecule has 1 saturated heterocycles. The van der Waals surface area contributed by atoms with E-state index in [0.29, 0.717) is 34.2 Å². The first kappa shape index (κ1) is 22.4. The first-order chi connectivity index (χ1) is 15.8. The van der Waals surface area contributed by atoms with E-state index in [2.05, 4.69) is 0 Å². The lowest BCUT2D eigenvalue weighted by atomic mass is 10.1. The number of amides is 2. The van der Waals surface area contributed by atoms with Gasteiger partial charge in [0.15, 0.2) is 11.4 Å². The van der Waals surface area contributed by atoms with E-state index in [1.54, 1.807) is 66.2 Å². The maximum absolute atomic E-state index is 13.9. The molecule has 1 aromatic heterocycles. The van der Waals surface area contributed by atoms with Gasteiger partial charge in [-0.15, -0.1) is 5.06 Å². The number of rotatable bonds is 7. The number of carbonyl (C=O) groups is 3. The first-order valence-electron chi connectivity index (χ1n) is 10.5. The number of halogens is 2. The van der Waals surface area contributed by atoms with Crippen LogP contribution in [0.1, 0.15) is 36.2 Å². The lowest BCUT2D eigenvalue weighted by molar-refractivity contribution is -0.339. The number of allylic oxidation sites excluding steroid dienone is 2. The summed E-state index contributed by atoms with van der Waals surface area (Å²) in [5.41, 5.74) is 2.92. The quantitative estimate of drug-likeness (QED) is 0.479. The number of aromatic nitrogens is 1. The summed E-state index contributed by atoms with van der Waals surface area (Å²) in [6, 6.07) is 12.5. The minimum atomic E-state index is -2.72. The van der Waals surface area contributed by atoms with Gasteiger partial charge in [0, 0.05) is 55.1 Å². The Morgan fingerprint density at radius 3 is 2.45 bits per heavy atom. The zero-order valence-corrected chi connectivity index (χ0v) is 17.9. The molecular formula is C23H21BF2N3O4+. The number of hydrogen-bond acceptors (Lipinski definition) is 4. The Kier molecular flexibility index (Phi) is 6.35. The summed E-state index contributed by atoms with van der Waals surface area (Å²) in [4.78, 5) is 40.1. The summed E-state index contributed by atoms with van der Waals surface area (Å²) < 4.78 is 30.5. The van der Waals surface area contributed by atoms with Crippen LogP contribution >= 0.6 is 0 Å². The minimum absolute atomic E-state index is 0.0372. The van der Waals surface area contributed by atoms with Crippen molar-refractivity contribution in [2.24, 2.45) is 7.05 Å². The van der Waals surface area contributed by atoms with Gasteiger partial charge in [0.05, 0.1) is 6.42 Å². The molecule has 10 heteroatoms. The second kappa shape index (κ2) is 9.36. The number of benzene rings is 1. The Hall–Kier alpha value is -3.82. The summed E-state index contributed by atoms with van der Waals surface area (Å²) in [7, 11) is -0.944. The fourth-order valence-corrected chi connectivity index (χ4v) is 3.80. The highest BCUT2D eigenvalue weighted by Gasteiger charge is 2.42. The van der Waals surface area contributed by atoms with Crippen LogP contribution in [0.5, 0.6) is 0 Å². The van der Waals surface area contributed by atoms with Crippen molar-refractivity contribution in [1.82, 2.24) is 9.63 Å². The predicted octanol–water partition coefficient (Wildman–Crippen LogP) is 2.90. The molecule has 7 nitrogen and oxygen atoms in total. The fraction of sp³-hybridized carbons (Fsp3) is 0.217. The van der Waals surface area contributed by atoms with Crippen LogP contribution in [0.2, 0.25) is 0 Å². The van der Waals surface area contributed by atoms with Gasteiger partial charge in [-0.25, -0.2) is 17.9 Å². The molecule has 2 aliphatic heterocycles. The van der Waals surface area contributed by atoms with E-state index in [0.717, 1.165) is 10.2 Å². The van der Waals surface area contributed by atoms with Gasteiger partial charge in [-0.1, -0.05) is 18.2 Å². The Morgan fingerprint density at radius 1 is 1.09 bits per heavy atom. The van der Waals surface area contributed by atoms with Crippen LogP contribution in [0.15, 0.2) is 60.3 Å². The lowest BCUT2D eigenvalue weighted by Crippen LogP contribution is -2.32. The molecule has 33 heavy (non-hydrogen) atoms. The molecule has 4 rings (SSSR count). The van der Waals surface area contributed by atoms with Crippen molar-refractivity contribution in [3.8, 4) is 0 Å². The van der Waals surface area contributed by atoms with Crippen LogP contribution in [-0.2, 0) is 32.7 Å². The molecule has 0 radical (unpaired) electrons. The third-order valence-corrected chi connectivity index (χ3v) is 5.56. The van der Waals surface area contributed by atoms with Crippen molar-refractivity contribution >= 4 is 37.0 Å². The summed E-state index contributed by atoms with van der Waals surface area (Å²) in [5, 5.41) is 0.523. The van der Waals surface area contributed by atoms with Crippen molar-refractivity contribution in [2.75, 3.05) is 0 Å². The Morgan fingerprint density at radius 2 is 1.79 bits per heavy atom. The average molecular weight is 452 g/mol. The highest BCUT2D eigenvalue weighted by atomic mass is 19.2. The van der Waals surface area contributed by atoms with Gasteiger partial charge in [0.2, 0.25) is 0 Å². The standard InChI is InChI=1S/C23H21BF2N3O4/c1-27-17(10-14-23(32)33-29-21(30)12-13-22(29)31)7-8-18(27)15-19-9-11-20(28(19)24(25)26)16-5-3-2-4-6-16/h2-9,11,15H,10,12-14H2,1H3/q+1. The van der Waals surface area contributed by atoms with Crippen molar-refractivity contribution in [1.29, 1.82) is 0 Å². The van der Waals surface area contributed by atoms with Crippen LogP contribution < -0.4 is 0 Å². The number of nitrogens with zero attached hydrogens (tertiary/aromatic N) is 3. The van der Waals surface area contributed by atoms with Crippen LogP contribution in [0.25, 0.3) is 6.08 Å². The molecule has 0 saturated carbocycles. The zero-order valence-electron chi connectivity index (χ0n) is 17.9. The van der Waals surface area contributed by atoms with Crippen molar-refractivity contribution < 1.29 is 32.3 Å². The van der Waals surface area contributed by atoms with Gasteiger partial charge in [-0.2, -0.15) is 0 Å². The molecule has 2 amide bonds. The second-order valence-corrected chi connectivity index (χ2v) is 7.66. The number of aryl methyl sites for hydroxylation is 1. The zero-order chi connectivity index (χ0) is 23.5. The number of hydrogen-bond donors (Lipinski definition) is 0. The molecule has 0 unspecified atom stereocenters. The van der Waals surface area contributed by atoms with E-state index in [1.165, 1.54) is 0 Å². The van der Waals surface area contributed by atoms with E-state index < -0.39 is 25.2 Å². The fourth-order valence-electron chi connectivity index (χ4n) is 3.80. The molecule has 0 N–H and O–H groups in total. The molecule has 2 aromatic rings. The van der Waals surface area contributed by atoms with E-state index in [4.69, 9.17) is 4.84 Å². The highest BCUT2D eigenvalue weighted by molar-refractivity contribution is 6.36. The first-order valence-corrected chi connectivity index (χ1v) is 10.5. The van der Waals surface area contributed by atoms with Gasteiger partial charge >= 0.3 is 13.4 Å². The van der Waals surface area contributed by atoms with E-state index in [9.17, 15) is 23.0 Å². The van der Waals surface area contributed by atoms with Gasteiger partial charge in [-0.05, 0) is 30.7 Å². The predicted molar refractivity (Wildman–Crippen MR) is 117 cm³/mol. The van der Waals surface area contributed by atoms with Crippen LogP contribution in [-0.4, -0.2) is 45.0 Å². The van der Waals surface area contributed by atoms with Crippen LogP contribution in [0.4, 0.5) is 8.63 Å².